The highest BCUT2D eigenvalue weighted by atomic mass is 127. The van der Waals surface area contributed by atoms with Crippen molar-refractivity contribution >= 4 is 29.9 Å². The zero-order valence-electron chi connectivity index (χ0n) is 16.2. The van der Waals surface area contributed by atoms with Crippen LogP contribution in [0.3, 0.4) is 0 Å². The van der Waals surface area contributed by atoms with Crippen LogP contribution >= 0.6 is 24.0 Å². The van der Waals surface area contributed by atoms with Crippen molar-refractivity contribution in [3.8, 4) is 0 Å². The highest BCUT2D eigenvalue weighted by Gasteiger charge is 2.15. The lowest BCUT2D eigenvalue weighted by molar-refractivity contribution is 0.481. The first-order chi connectivity index (χ1) is 12.4. The molecule has 1 aromatic rings. The molecule has 0 saturated heterocycles. The highest BCUT2D eigenvalue weighted by Crippen LogP contribution is 2.28. The second-order valence-corrected chi connectivity index (χ2v) is 7.46. The molecule has 3 rings (SSSR count). The summed E-state index contributed by atoms with van der Waals surface area (Å²) in [6, 6.07) is 0. The van der Waals surface area contributed by atoms with Crippen molar-refractivity contribution in [3.63, 3.8) is 0 Å². The predicted octanol–water partition coefficient (Wildman–Crippen LogP) is 3.30. The minimum Gasteiger partial charge on any atom is -0.356 e. The lowest BCUT2D eigenvalue weighted by atomic mass is 10.0. The van der Waals surface area contributed by atoms with Crippen LogP contribution in [0.25, 0.3) is 0 Å². The minimum atomic E-state index is 0. The van der Waals surface area contributed by atoms with Gasteiger partial charge in [-0.2, -0.15) is 0 Å². The second-order valence-electron chi connectivity index (χ2n) is 7.46. The Bertz CT molecular complexity index is 550. The van der Waals surface area contributed by atoms with E-state index >= 15 is 0 Å². The molecule has 148 valence electrons. The summed E-state index contributed by atoms with van der Waals surface area (Å²) in [4.78, 5) is 4.33. The quantitative estimate of drug-likeness (QED) is 0.276. The van der Waals surface area contributed by atoms with Crippen LogP contribution in [0.1, 0.15) is 69.4 Å². The van der Waals surface area contributed by atoms with Crippen molar-refractivity contribution < 1.29 is 0 Å². The van der Waals surface area contributed by atoms with Gasteiger partial charge in [0, 0.05) is 39.5 Å². The molecule has 1 aliphatic heterocycles. The van der Waals surface area contributed by atoms with Crippen LogP contribution in [0, 0.1) is 5.92 Å². The third kappa shape index (κ3) is 6.39. The van der Waals surface area contributed by atoms with Gasteiger partial charge in [0.1, 0.15) is 11.6 Å². The predicted molar refractivity (Wildman–Crippen MR) is 117 cm³/mol. The molecular formula is C19H35IN6. The molecule has 0 atom stereocenters. The lowest BCUT2D eigenvalue weighted by Crippen LogP contribution is -2.39. The molecular weight excluding hydrogens is 439 g/mol. The first kappa shape index (κ1) is 21.4. The van der Waals surface area contributed by atoms with Crippen LogP contribution in [0.2, 0.25) is 0 Å². The molecule has 6 nitrogen and oxygen atoms in total. The van der Waals surface area contributed by atoms with Gasteiger partial charge in [-0.15, -0.1) is 34.2 Å². The number of aryl methyl sites for hydroxylation is 1. The maximum Gasteiger partial charge on any atom is 0.190 e. The minimum absolute atomic E-state index is 0. The van der Waals surface area contributed by atoms with E-state index in [0.29, 0.717) is 0 Å². The van der Waals surface area contributed by atoms with Crippen molar-refractivity contribution in [1.82, 2.24) is 25.4 Å². The van der Waals surface area contributed by atoms with Crippen LogP contribution in [-0.2, 0) is 19.4 Å². The number of hydrogen-bond donors (Lipinski definition) is 2. The fourth-order valence-electron chi connectivity index (χ4n) is 4.14. The molecule has 26 heavy (non-hydrogen) atoms. The van der Waals surface area contributed by atoms with E-state index in [4.69, 9.17) is 0 Å². The maximum atomic E-state index is 4.39. The van der Waals surface area contributed by atoms with E-state index in [1.165, 1.54) is 63.6 Å². The van der Waals surface area contributed by atoms with E-state index in [1.807, 2.05) is 7.05 Å². The van der Waals surface area contributed by atoms with E-state index < -0.39 is 0 Å². The number of aromatic nitrogens is 3. The van der Waals surface area contributed by atoms with Crippen molar-refractivity contribution in [3.05, 3.63) is 11.6 Å². The summed E-state index contributed by atoms with van der Waals surface area (Å²) in [5.74, 6) is 4.16. The normalized spacial score (nSPS) is 18.1. The third-order valence-corrected chi connectivity index (χ3v) is 5.61. The van der Waals surface area contributed by atoms with Gasteiger partial charge in [0.05, 0.1) is 0 Å². The SMILES string of the molecule is CN=C(NCCCC1CCCC1)NCCc1nnc2n1CCCCC2.I. The van der Waals surface area contributed by atoms with Crippen molar-refractivity contribution in [2.24, 2.45) is 10.9 Å². The molecule has 1 saturated carbocycles. The molecule has 2 aliphatic rings. The van der Waals surface area contributed by atoms with Crippen molar-refractivity contribution in [2.45, 2.75) is 77.2 Å². The molecule has 0 spiro atoms. The van der Waals surface area contributed by atoms with Gasteiger partial charge in [0.25, 0.3) is 0 Å². The van der Waals surface area contributed by atoms with Crippen LogP contribution in [0.15, 0.2) is 4.99 Å². The Morgan fingerprint density at radius 2 is 1.88 bits per heavy atom. The summed E-state index contributed by atoms with van der Waals surface area (Å²) in [6.45, 7) is 2.93. The van der Waals surface area contributed by atoms with Crippen LogP contribution in [0.5, 0.6) is 0 Å². The number of aliphatic imine (C=N–C) groups is 1. The molecule has 1 aliphatic carbocycles. The average Bonchev–Trinajstić information content (AvgIpc) is 3.22. The molecule has 0 amide bonds. The monoisotopic (exact) mass is 474 g/mol. The molecule has 2 heterocycles. The Morgan fingerprint density at radius 3 is 2.69 bits per heavy atom. The van der Waals surface area contributed by atoms with Gasteiger partial charge < -0.3 is 15.2 Å². The standard InChI is InChI=1S/C19H34N6.HI/c1-20-19(21-13-7-10-16-8-4-5-9-16)22-14-12-18-24-23-17-11-3-2-6-15-25(17)18;/h16H,2-15H2,1H3,(H2,20,21,22);1H. The number of rotatable bonds is 7. The fourth-order valence-corrected chi connectivity index (χ4v) is 4.14. The summed E-state index contributed by atoms with van der Waals surface area (Å²) < 4.78 is 2.33. The van der Waals surface area contributed by atoms with Crippen LogP contribution in [-0.4, -0.2) is 40.9 Å². The van der Waals surface area contributed by atoms with Gasteiger partial charge in [-0.25, -0.2) is 0 Å². The molecule has 0 aromatic carbocycles. The zero-order valence-corrected chi connectivity index (χ0v) is 18.5. The van der Waals surface area contributed by atoms with E-state index in [1.54, 1.807) is 0 Å². The van der Waals surface area contributed by atoms with E-state index in [0.717, 1.165) is 50.2 Å². The van der Waals surface area contributed by atoms with Gasteiger partial charge in [-0.1, -0.05) is 32.1 Å². The number of guanidine groups is 1. The average molecular weight is 474 g/mol. The number of hydrogen-bond acceptors (Lipinski definition) is 3. The summed E-state index contributed by atoms with van der Waals surface area (Å²) >= 11 is 0. The summed E-state index contributed by atoms with van der Waals surface area (Å²) in [6.07, 6.45) is 14.1. The van der Waals surface area contributed by atoms with Crippen molar-refractivity contribution in [1.29, 1.82) is 0 Å². The van der Waals surface area contributed by atoms with Crippen LogP contribution in [0.4, 0.5) is 0 Å². The summed E-state index contributed by atoms with van der Waals surface area (Å²) in [5, 5.41) is 15.6. The topological polar surface area (TPSA) is 67.1 Å². The molecule has 0 unspecified atom stereocenters. The molecule has 7 heteroatoms. The Morgan fingerprint density at radius 1 is 1.08 bits per heavy atom. The number of halogens is 1. The Hall–Kier alpha value is -0.860. The smallest absolute Gasteiger partial charge is 0.190 e. The van der Waals surface area contributed by atoms with Crippen molar-refractivity contribution in [2.75, 3.05) is 20.1 Å². The maximum absolute atomic E-state index is 4.39. The molecule has 1 aromatic heterocycles. The summed E-state index contributed by atoms with van der Waals surface area (Å²) in [5.41, 5.74) is 0. The third-order valence-electron chi connectivity index (χ3n) is 5.61. The lowest BCUT2D eigenvalue weighted by Gasteiger charge is -2.13. The zero-order chi connectivity index (χ0) is 17.3. The van der Waals surface area contributed by atoms with E-state index in [2.05, 4.69) is 30.4 Å². The first-order valence-corrected chi connectivity index (χ1v) is 10.2. The largest absolute Gasteiger partial charge is 0.356 e. The molecule has 1 fully saturated rings. The fraction of sp³-hybridized carbons (Fsp3) is 0.842. The molecule has 2 N–H and O–H groups in total. The first-order valence-electron chi connectivity index (χ1n) is 10.2. The van der Waals surface area contributed by atoms with E-state index in [-0.39, 0.29) is 24.0 Å². The van der Waals surface area contributed by atoms with Gasteiger partial charge >= 0.3 is 0 Å². The van der Waals surface area contributed by atoms with Gasteiger partial charge in [-0.3, -0.25) is 4.99 Å². The molecule has 0 bridgehead atoms. The highest BCUT2D eigenvalue weighted by molar-refractivity contribution is 14.0. The van der Waals surface area contributed by atoms with Crippen LogP contribution < -0.4 is 10.6 Å². The molecule has 0 radical (unpaired) electrons. The summed E-state index contributed by atoms with van der Waals surface area (Å²) in [7, 11) is 1.84. The van der Waals surface area contributed by atoms with Gasteiger partial charge in [-0.05, 0) is 31.6 Å². The number of nitrogens with zero attached hydrogens (tertiary/aromatic N) is 4. The number of fused-ring (bicyclic) bond motifs is 1. The Balaban J connectivity index is 0.00000243. The van der Waals surface area contributed by atoms with E-state index in [9.17, 15) is 0 Å². The van der Waals surface area contributed by atoms with Gasteiger partial charge in [0.15, 0.2) is 5.96 Å². The van der Waals surface area contributed by atoms with Gasteiger partial charge in [0.2, 0.25) is 0 Å². The Kier molecular flexibility index (Phi) is 9.71. The number of nitrogens with one attached hydrogen (secondary N) is 2. The second kappa shape index (κ2) is 11.8. The Labute approximate surface area is 175 Å².